The third-order valence-electron chi connectivity index (χ3n) is 8.15. The largest absolute Gasteiger partial charge is 0.496 e. The molecule has 2 heterocycles. The molecule has 2 radical (unpaired) electrons. The van der Waals surface area contributed by atoms with E-state index < -0.39 is 0 Å². The Kier molecular flexibility index (Phi) is 5.50. The van der Waals surface area contributed by atoms with E-state index in [0.29, 0.717) is 23.6 Å². The highest BCUT2D eigenvalue weighted by Gasteiger charge is 2.55. The van der Waals surface area contributed by atoms with Gasteiger partial charge in [0.15, 0.2) is 0 Å². The number of benzene rings is 1. The molecular formula is C24H32BNO3S. The molecule has 0 aromatic heterocycles. The second-order valence-electron chi connectivity index (χ2n) is 9.65. The second-order valence-corrected chi connectivity index (χ2v) is 11.1. The first kappa shape index (κ1) is 20.9. The Balaban J connectivity index is 1.47. The average molecular weight is 425 g/mol. The first-order chi connectivity index (χ1) is 14.4. The number of hydroxylamine groups is 2. The fourth-order valence-electron chi connectivity index (χ4n) is 6.33. The van der Waals surface area contributed by atoms with Crippen LogP contribution < -0.4 is 4.74 Å². The lowest BCUT2D eigenvalue weighted by Crippen LogP contribution is -2.60. The highest BCUT2D eigenvalue weighted by molar-refractivity contribution is 8.00. The molecule has 4 nitrogen and oxygen atoms in total. The fourth-order valence-corrected chi connectivity index (χ4v) is 7.87. The summed E-state index contributed by atoms with van der Waals surface area (Å²) >= 11 is 1.93. The Morgan fingerprint density at radius 3 is 2.90 bits per heavy atom. The maximum Gasteiger partial charge on any atom is 0.122 e. The highest BCUT2D eigenvalue weighted by atomic mass is 32.2. The normalized spacial score (nSPS) is 43.0. The van der Waals surface area contributed by atoms with Gasteiger partial charge >= 0.3 is 0 Å². The molecule has 8 atom stereocenters. The number of methoxy groups -OCH3 is 1. The van der Waals surface area contributed by atoms with Gasteiger partial charge in [-0.1, -0.05) is 37.0 Å². The molecular weight excluding hydrogens is 393 g/mol. The van der Waals surface area contributed by atoms with Crippen molar-refractivity contribution < 1.29 is 14.7 Å². The van der Waals surface area contributed by atoms with E-state index in [1.807, 2.05) is 11.8 Å². The quantitative estimate of drug-likeness (QED) is 0.576. The number of ether oxygens (including phenoxy) is 2. The van der Waals surface area contributed by atoms with Crippen molar-refractivity contribution in [3.63, 3.8) is 0 Å². The molecule has 1 N–H and O–H groups in total. The van der Waals surface area contributed by atoms with E-state index in [1.165, 1.54) is 11.1 Å². The maximum atomic E-state index is 10.6. The van der Waals surface area contributed by atoms with E-state index >= 15 is 0 Å². The van der Waals surface area contributed by atoms with Gasteiger partial charge in [0.2, 0.25) is 0 Å². The van der Waals surface area contributed by atoms with Crippen LogP contribution in [0, 0.1) is 11.8 Å². The van der Waals surface area contributed by atoms with Gasteiger partial charge < -0.3 is 14.7 Å². The van der Waals surface area contributed by atoms with Crippen molar-refractivity contribution in [3.05, 3.63) is 41.5 Å². The summed E-state index contributed by atoms with van der Waals surface area (Å²) in [5, 5.41) is 12.6. The van der Waals surface area contributed by atoms with Gasteiger partial charge in [0.1, 0.15) is 11.2 Å². The lowest BCUT2D eigenvalue weighted by atomic mass is 9.54. The Morgan fingerprint density at radius 1 is 1.30 bits per heavy atom. The SMILES string of the molecule is [B][C@@H]1CC(SC2C=CC3[C@H]4Cc5cccc(OC)c5[C@@]3(CCN4O)C2)OC(C)C1C. The minimum absolute atomic E-state index is 0.00614. The fraction of sp³-hybridized carbons (Fsp3) is 0.667. The number of hydrogen-bond donors (Lipinski definition) is 1. The number of fused-ring (bicyclic) bond motifs is 1. The van der Waals surface area contributed by atoms with Gasteiger partial charge in [-0.15, -0.1) is 11.8 Å². The second kappa shape index (κ2) is 7.88. The van der Waals surface area contributed by atoms with Crippen molar-refractivity contribution in [1.29, 1.82) is 0 Å². The van der Waals surface area contributed by atoms with Crippen molar-refractivity contribution in [2.24, 2.45) is 11.8 Å². The maximum absolute atomic E-state index is 10.6. The van der Waals surface area contributed by atoms with Crippen molar-refractivity contribution in [2.75, 3.05) is 13.7 Å². The van der Waals surface area contributed by atoms with Gasteiger partial charge in [-0.25, -0.2) is 0 Å². The lowest BCUT2D eigenvalue weighted by Gasteiger charge is -2.57. The first-order valence-electron chi connectivity index (χ1n) is 11.3. The molecule has 5 unspecified atom stereocenters. The van der Waals surface area contributed by atoms with E-state index in [9.17, 15) is 5.21 Å². The minimum atomic E-state index is 0.00614. The molecule has 2 aliphatic heterocycles. The summed E-state index contributed by atoms with van der Waals surface area (Å²) in [5.74, 6) is 1.91. The Hall–Kier alpha value is -0.945. The van der Waals surface area contributed by atoms with E-state index in [-0.39, 0.29) is 28.8 Å². The smallest absolute Gasteiger partial charge is 0.122 e. The lowest BCUT2D eigenvalue weighted by molar-refractivity contribution is -0.174. The molecule has 30 heavy (non-hydrogen) atoms. The van der Waals surface area contributed by atoms with E-state index in [0.717, 1.165) is 31.4 Å². The molecule has 160 valence electrons. The number of hydrogen-bond acceptors (Lipinski definition) is 5. The Morgan fingerprint density at radius 2 is 2.13 bits per heavy atom. The van der Waals surface area contributed by atoms with Gasteiger partial charge in [0, 0.05) is 34.7 Å². The van der Waals surface area contributed by atoms with Crippen molar-refractivity contribution in [2.45, 2.75) is 73.6 Å². The monoisotopic (exact) mass is 425 g/mol. The van der Waals surface area contributed by atoms with Gasteiger partial charge in [-0.05, 0) is 50.2 Å². The minimum Gasteiger partial charge on any atom is -0.496 e. The van der Waals surface area contributed by atoms with Crippen LogP contribution in [0.3, 0.4) is 0 Å². The van der Waals surface area contributed by atoms with Crippen LogP contribution in [-0.2, 0) is 16.6 Å². The summed E-state index contributed by atoms with van der Waals surface area (Å²) in [6.45, 7) is 5.05. The summed E-state index contributed by atoms with van der Waals surface area (Å²) in [6.07, 6.45) is 8.70. The number of nitrogens with zero attached hydrogens (tertiary/aromatic N) is 1. The summed E-state index contributed by atoms with van der Waals surface area (Å²) in [7, 11) is 8.18. The number of thioether (sulfide) groups is 1. The molecule has 5 rings (SSSR count). The van der Waals surface area contributed by atoms with E-state index in [4.69, 9.17) is 17.3 Å². The number of piperidine rings is 1. The molecule has 2 aliphatic carbocycles. The van der Waals surface area contributed by atoms with Gasteiger partial charge in [-0.3, -0.25) is 0 Å². The predicted molar refractivity (Wildman–Crippen MR) is 122 cm³/mol. The summed E-state index contributed by atoms with van der Waals surface area (Å²) in [6, 6.07) is 6.54. The molecule has 2 bridgehead atoms. The number of rotatable bonds is 3. The molecule has 0 spiro atoms. The van der Waals surface area contributed by atoms with Crippen molar-refractivity contribution in [3.8, 4) is 5.75 Å². The van der Waals surface area contributed by atoms with Gasteiger partial charge in [0.25, 0.3) is 0 Å². The Bertz CT molecular complexity index is 823. The van der Waals surface area contributed by atoms with E-state index in [2.05, 4.69) is 44.2 Å². The molecule has 0 amide bonds. The first-order valence-corrected chi connectivity index (χ1v) is 12.2. The van der Waals surface area contributed by atoms with Crippen molar-refractivity contribution >= 4 is 19.6 Å². The molecule has 0 saturated carbocycles. The van der Waals surface area contributed by atoms with Crippen LogP contribution in [0.15, 0.2) is 30.4 Å². The van der Waals surface area contributed by atoms with Crippen LogP contribution >= 0.6 is 11.8 Å². The van der Waals surface area contributed by atoms with Gasteiger partial charge in [0.05, 0.1) is 21.1 Å². The summed E-state index contributed by atoms with van der Waals surface area (Å²) < 4.78 is 12.2. The third kappa shape index (κ3) is 3.26. The Labute approximate surface area is 185 Å². The zero-order chi connectivity index (χ0) is 21.0. The average Bonchev–Trinajstić information content (AvgIpc) is 2.74. The highest BCUT2D eigenvalue weighted by Crippen LogP contribution is 2.57. The molecule has 6 heteroatoms. The third-order valence-corrected chi connectivity index (χ3v) is 9.43. The zero-order valence-corrected chi connectivity index (χ0v) is 19.0. The summed E-state index contributed by atoms with van der Waals surface area (Å²) in [5.41, 5.74) is 2.85. The standard InChI is InChI=1S/C24H32BNO3S/c1-14-15(2)29-22(12-19(14)25)30-17-7-8-18-20-11-16-5-4-6-21(28-3)23(16)24(18,13-17)9-10-26(20)27/h4-8,14-15,17-20,22,27H,9-13H2,1-3H3/t14?,15?,17?,18?,19-,20-,22?,24+/m1/s1. The molecule has 4 aliphatic rings. The molecule has 1 aromatic rings. The topological polar surface area (TPSA) is 41.9 Å². The van der Waals surface area contributed by atoms with E-state index in [1.54, 1.807) is 12.2 Å². The predicted octanol–water partition coefficient (Wildman–Crippen LogP) is 4.36. The van der Waals surface area contributed by atoms with Crippen LogP contribution in [0.2, 0.25) is 5.82 Å². The van der Waals surface area contributed by atoms with Crippen molar-refractivity contribution in [1.82, 2.24) is 5.06 Å². The summed E-state index contributed by atoms with van der Waals surface area (Å²) in [4.78, 5) is 0. The van der Waals surface area contributed by atoms with Crippen LogP contribution in [-0.4, -0.2) is 54.6 Å². The van der Waals surface area contributed by atoms with Crippen LogP contribution in [0.5, 0.6) is 5.75 Å². The van der Waals surface area contributed by atoms with Crippen LogP contribution in [0.1, 0.15) is 44.2 Å². The molecule has 2 fully saturated rings. The molecule has 1 aromatic carbocycles. The zero-order valence-electron chi connectivity index (χ0n) is 18.2. The van der Waals surface area contributed by atoms with Gasteiger partial charge in [-0.2, -0.15) is 5.06 Å². The van der Waals surface area contributed by atoms with Crippen LogP contribution in [0.4, 0.5) is 0 Å². The molecule has 2 saturated heterocycles. The van der Waals surface area contributed by atoms with Crippen LogP contribution in [0.25, 0.3) is 0 Å².